The molecular weight excluding hydrogens is 414 g/mol. The molecule has 0 radical (unpaired) electrons. The van der Waals surface area contributed by atoms with Gasteiger partial charge in [0.15, 0.2) is 10.6 Å². The van der Waals surface area contributed by atoms with Gasteiger partial charge in [-0.15, -0.1) is 0 Å². The van der Waals surface area contributed by atoms with Crippen LogP contribution in [0.1, 0.15) is 40.6 Å². The fourth-order valence-corrected chi connectivity index (χ4v) is 5.34. The van der Waals surface area contributed by atoms with Crippen LogP contribution < -0.4 is 5.32 Å². The van der Waals surface area contributed by atoms with Gasteiger partial charge in [-0.2, -0.15) is 9.40 Å². The molecule has 0 atom stereocenters. The van der Waals surface area contributed by atoms with Crippen LogP contribution >= 0.6 is 12.2 Å². The molecule has 1 aromatic carbocycles. The minimum Gasteiger partial charge on any atom is -0.379 e. The van der Waals surface area contributed by atoms with Gasteiger partial charge in [0, 0.05) is 24.7 Å². The highest BCUT2D eigenvalue weighted by Crippen LogP contribution is 2.35. The van der Waals surface area contributed by atoms with Crippen molar-refractivity contribution in [2.24, 2.45) is 0 Å². The first-order chi connectivity index (χ1) is 13.9. The predicted molar refractivity (Wildman–Crippen MR) is 108 cm³/mol. The summed E-state index contributed by atoms with van der Waals surface area (Å²) in [7, 11) is -3.68. The minimum absolute atomic E-state index is 0.146. The number of aromatic amines is 1. The second-order valence-corrected chi connectivity index (χ2v) is 9.52. The summed E-state index contributed by atoms with van der Waals surface area (Å²) >= 11 is 5.25. The van der Waals surface area contributed by atoms with Crippen LogP contribution in [-0.2, 0) is 21.3 Å². The van der Waals surface area contributed by atoms with Crippen molar-refractivity contribution < 1.29 is 17.9 Å². The third-order valence-corrected chi connectivity index (χ3v) is 7.46. The molecule has 1 aliphatic carbocycles. The number of hydrogen-bond acceptors (Lipinski definition) is 6. The van der Waals surface area contributed by atoms with Crippen molar-refractivity contribution in [3.05, 3.63) is 39.9 Å². The Morgan fingerprint density at radius 2 is 2.07 bits per heavy atom. The molecule has 1 saturated heterocycles. The number of H-pyrrole nitrogens is 1. The molecule has 2 fully saturated rings. The number of rotatable bonds is 6. The van der Waals surface area contributed by atoms with Crippen LogP contribution in [0.4, 0.5) is 0 Å². The monoisotopic (exact) mass is 437 g/mol. The lowest BCUT2D eigenvalue weighted by Gasteiger charge is -2.26. The summed E-state index contributed by atoms with van der Waals surface area (Å²) < 4.78 is 35.1. The molecule has 0 unspecified atom stereocenters. The zero-order valence-corrected chi connectivity index (χ0v) is 17.7. The molecule has 1 amide bonds. The number of aromatic nitrogens is 3. The lowest BCUT2D eigenvalue weighted by Crippen LogP contribution is -2.41. The van der Waals surface area contributed by atoms with Gasteiger partial charge in [0.1, 0.15) is 0 Å². The third kappa shape index (κ3) is 4.13. The number of aryl methyl sites for hydroxylation is 1. The number of hydrogen-bond donors (Lipinski definition) is 2. The van der Waals surface area contributed by atoms with Crippen molar-refractivity contribution in [1.29, 1.82) is 0 Å². The summed E-state index contributed by atoms with van der Waals surface area (Å²) in [5.74, 6) is 0.304. The van der Waals surface area contributed by atoms with Crippen LogP contribution in [0.5, 0.6) is 0 Å². The Labute approximate surface area is 174 Å². The first kappa shape index (κ1) is 20.2. The number of nitrogens with zero attached hydrogens (tertiary/aromatic N) is 3. The molecule has 1 aromatic heterocycles. The van der Waals surface area contributed by atoms with E-state index in [2.05, 4.69) is 15.5 Å². The Morgan fingerprint density at radius 1 is 1.34 bits per heavy atom. The average Bonchev–Trinajstić information content (AvgIpc) is 3.49. The zero-order chi connectivity index (χ0) is 20.6. The Balaban J connectivity index is 1.52. The lowest BCUT2D eigenvalue weighted by atomic mass is 10.1. The number of morpholine rings is 1. The molecule has 2 aliphatic rings. The van der Waals surface area contributed by atoms with Crippen LogP contribution in [-0.4, -0.2) is 59.7 Å². The van der Waals surface area contributed by atoms with Gasteiger partial charge in [-0.05, 0) is 49.7 Å². The van der Waals surface area contributed by atoms with Gasteiger partial charge in [-0.25, -0.2) is 8.42 Å². The fraction of sp³-hybridized carbons (Fsp3) is 0.500. The van der Waals surface area contributed by atoms with Gasteiger partial charge in [0.05, 0.1) is 24.7 Å². The van der Waals surface area contributed by atoms with E-state index < -0.39 is 10.0 Å². The molecule has 9 nitrogen and oxygen atoms in total. The average molecular weight is 438 g/mol. The van der Waals surface area contributed by atoms with Gasteiger partial charge < -0.3 is 10.1 Å². The van der Waals surface area contributed by atoms with E-state index in [1.54, 1.807) is 19.1 Å². The van der Waals surface area contributed by atoms with E-state index in [-0.39, 0.29) is 22.9 Å². The van der Waals surface area contributed by atoms with Gasteiger partial charge in [0.25, 0.3) is 5.91 Å². The van der Waals surface area contributed by atoms with E-state index in [0.29, 0.717) is 48.5 Å². The molecule has 2 aromatic rings. The van der Waals surface area contributed by atoms with E-state index >= 15 is 0 Å². The quantitative estimate of drug-likeness (QED) is 0.664. The fourth-order valence-electron chi connectivity index (χ4n) is 3.38. The predicted octanol–water partition coefficient (Wildman–Crippen LogP) is 1.53. The van der Waals surface area contributed by atoms with E-state index in [1.807, 2.05) is 4.57 Å². The maximum Gasteiger partial charge on any atom is 0.251 e. The number of amides is 1. The maximum atomic E-state index is 13.0. The number of sulfonamides is 1. The Morgan fingerprint density at radius 3 is 2.76 bits per heavy atom. The highest BCUT2D eigenvalue weighted by molar-refractivity contribution is 7.89. The largest absolute Gasteiger partial charge is 0.379 e. The molecule has 0 spiro atoms. The summed E-state index contributed by atoms with van der Waals surface area (Å²) in [5.41, 5.74) is 0.886. The van der Waals surface area contributed by atoms with Crippen LogP contribution in [0.15, 0.2) is 23.1 Å². The molecule has 4 rings (SSSR count). The Hall–Kier alpha value is -2.08. The van der Waals surface area contributed by atoms with E-state index in [1.165, 1.54) is 10.4 Å². The summed E-state index contributed by atoms with van der Waals surface area (Å²) in [4.78, 5) is 12.8. The number of carbonyl (C=O) groups is 1. The van der Waals surface area contributed by atoms with Crippen molar-refractivity contribution in [1.82, 2.24) is 24.4 Å². The number of ether oxygens (including phenoxy) is 1. The molecule has 1 saturated carbocycles. The molecule has 29 heavy (non-hydrogen) atoms. The van der Waals surface area contributed by atoms with Gasteiger partial charge >= 0.3 is 0 Å². The summed E-state index contributed by atoms with van der Waals surface area (Å²) in [6.07, 6.45) is 2.10. The van der Waals surface area contributed by atoms with Crippen LogP contribution in [0.2, 0.25) is 0 Å². The van der Waals surface area contributed by atoms with E-state index in [9.17, 15) is 13.2 Å². The number of carbonyl (C=O) groups excluding carboxylic acids is 1. The second kappa shape index (κ2) is 7.98. The van der Waals surface area contributed by atoms with Crippen molar-refractivity contribution in [3.8, 4) is 0 Å². The molecule has 0 bridgehead atoms. The lowest BCUT2D eigenvalue weighted by molar-refractivity contribution is 0.0730. The first-order valence-corrected chi connectivity index (χ1v) is 11.4. The van der Waals surface area contributed by atoms with Gasteiger partial charge in [-0.1, -0.05) is 6.07 Å². The maximum absolute atomic E-state index is 13.0. The third-order valence-electron chi connectivity index (χ3n) is 5.13. The van der Waals surface area contributed by atoms with Crippen molar-refractivity contribution >= 4 is 28.1 Å². The zero-order valence-electron chi connectivity index (χ0n) is 16.1. The summed E-state index contributed by atoms with van der Waals surface area (Å²) in [6.45, 7) is 3.29. The second-order valence-electron chi connectivity index (χ2n) is 7.23. The summed E-state index contributed by atoms with van der Waals surface area (Å²) in [5, 5.41) is 9.77. The minimum atomic E-state index is -3.68. The molecule has 2 heterocycles. The molecule has 2 N–H and O–H groups in total. The van der Waals surface area contributed by atoms with E-state index in [4.69, 9.17) is 17.0 Å². The molecule has 1 aliphatic heterocycles. The molecule has 156 valence electrons. The van der Waals surface area contributed by atoms with Gasteiger partial charge in [0.2, 0.25) is 10.0 Å². The highest BCUT2D eigenvalue weighted by atomic mass is 32.2. The van der Waals surface area contributed by atoms with Gasteiger partial charge in [-0.3, -0.25) is 14.5 Å². The van der Waals surface area contributed by atoms with Crippen molar-refractivity contribution in [2.75, 3.05) is 26.3 Å². The summed E-state index contributed by atoms with van der Waals surface area (Å²) in [6, 6.07) is 5.06. The molecule has 11 heteroatoms. The Kier molecular flexibility index (Phi) is 5.56. The van der Waals surface area contributed by atoms with Crippen molar-refractivity contribution in [2.45, 2.75) is 37.2 Å². The van der Waals surface area contributed by atoms with Crippen molar-refractivity contribution in [3.63, 3.8) is 0 Å². The Bertz CT molecular complexity index is 1080. The smallest absolute Gasteiger partial charge is 0.251 e. The topological polar surface area (TPSA) is 109 Å². The normalized spacial score (nSPS) is 18.0. The molecular formula is C18H23N5O4S2. The van der Waals surface area contributed by atoms with Crippen LogP contribution in [0.25, 0.3) is 0 Å². The standard InChI is InChI=1S/C18H23N5O4S2/c1-12-2-3-13(10-15(12)29(25,26)22-6-8-27-9-7-22)17(24)19-11-16-20-21-18(28)23(16)14-4-5-14/h2-3,10,14H,4-9,11H2,1H3,(H,19,24)(H,21,28). The number of nitrogens with one attached hydrogen (secondary N) is 2. The number of benzene rings is 1. The van der Waals surface area contributed by atoms with Crippen LogP contribution in [0.3, 0.4) is 0 Å². The van der Waals surface area contributed by atoms with E-state index in [0.717, 1.165) is 12.8 Å². The first-order valence-electron chi connectivity index (χ1n) is 9.50. The highest BCUT2D eigenvalue weighted by Gasteiger charge is 2.29. The van der Waals surface area contributed by atoms with Crippen LogP contribution in [0, 0.1) is 11.7 Å². The SMILES string of the molecule is Cc1ccc(C(=O)NCc2n[nH]c(=S)n2C2CC2)cc1S(=O)(=O)N1CCOCC1.